The second kappa shape index (κ2) is 4.82. The van der Waals surface area contributed by atoms with E-state index in [2.05, 4.69) is 0 Å². The third-order valence-electron chi connectivity index (χ3n) is 2.75. The predicted molar refractivity (Wildman–Crippen MR) is 61.7 cm³/mol. The molecule has 1 amide bonds. The fourth-order valence-electron chi connectivity index (χ4n) is 1.49. The van der Waals surface area contributed by atoms with Gasteiger partial charge in [0.2, 0.25) is 5.91 Å². The predicted octanol–water partition coefficient (Wildman–Crippen LogP) is 0.714. The summed E-state index contributed by atoms with van der Waals surface area (Å²) in [5, 5.41) is 19.8. The number of nitro benzene ring substituents is 1. The minimum atomic E-state index is -1.87. The first kappa shape index (κ1) is 13.6. The highest BCUT2D eigenvalue weighted by Crippen LogP contribution is 2.28. The molecular formula is C11H12N2O5. The van der Waals surface area contributed by atoms with Crippen molar-refractivity contribution >= 4 is 17.6 Å². The lowest BCUT2D eigenvalue weighted by molar-refractivity contribution is -0.385. The zero-order valence-electron chi connectivity index (χ0n) is 9.62. The van der Waals surface area contributed by atoms with E-state index < -0.39 is 22.2 Å². The fourth-order valence-corrected chi connectivity index (χ4v) is 1.49. The molecule has 0 aromatic heterocycles. The van der Waals surface area contributed by atoms with Crippen molar-refractivity contribution in [1.82, 2.24) is 0 Å². The van der Waals surface area contributed by atoms with Crippen LogP contribution in [0.5, 0.6) is 0 Å². The molecule has 0 aliphatic rings. The van der Waals surface area contributed by atoms with Gasteiger partial charge in [-0.15, -0.1) is 0 Å². The first-order chi connectivity index (χ1) is 8.29. The van der Waals surface area contributed by atoms with Gasteiger partial charge in [-0.05, 0) is 6.92 Å². The summed E-state index contributed by atoms with van der Waals surface area (Å²) >= 11 is 0. The number of primary amides is 1. The number of aliphatic carboxylic acids is 1. The summed E-state index contributed by atoms with van der Waals surface area (Å²) < 4.78 is 0. The van der Waals surface area contributed by atoms with Crippen molar-refractivity contribution in [1.29, 1.82) is 0 Å². The monoisotopic (exact) mass is 252 g/mol. The van der Waals surface area contributed by atoms with Gasteiger partial charge in [-0.2, -0.15) is 0 Å². The number of carboxylic acid groups (broad SMARTS) is 1. The SMILES string of the molecule is CC(Cc1ccccc1[N+](=O)[O-])(C(N)=O)C(=O)O. The van der Waals surface area contributed by atoms with Crippen LogP contribution in [-0.2, 0) is 16.0 Å². The van der Waals surface area contributed by atoms with Gasteiger partial charge in [0.25, 0.3) is 5.69 Å². The molecule has 96 valence electrons. The molecule has 1 unspecified atom stereocenters. The molecule has 7 heteroatoms. The van der Waals surface area contributed by atoms with Gasteiger partial charge in [0.15, 0.2) is 0 Å². The Morgan fingerprint density at radius 1 is 1.44 bits per heavy atom. The van der Waals surface area contributed by atoms with Gasteiger partial charge >= 0.3 is 5.97 Å². The highest BCUT2D eigenvalue weighted by Gasteiger charge is 2.41. The molecule has 0 aliphatic carbocycles. The molecule has 0 saturated heterocycles. The maximum Gasteiger partial charge on any atom is 0.319 e. The Bertz CT molecular complexity index is 498. The topological polar surface area (TPSA) is 124 Å². The standard InChI is InChI=1S/C11H12N2O5/c1-11(9(12)14,10(15)16)6-7-4-2-3-5-8(7)13(17)18/h2-5H,6H2,1H3,(H2,12,14)(H,15,16). The van der Waals surface area contributed by atoms with Crippen LogP contribution < -0.4 is 5.73 Å². The van der Waals surface area contributed by atoms with E-state index in [1.165, 1.54) is 24.3 Å². The number of nitro groups is 1. The van der Waals surface area contributed by atoms with Crippen LogP contribution in [0.1, 0.15) is 12.5 Å². The van der Waals surface area contributed by atoms with Crippen LogP contribution in [0.25, 0.3) is 0 Å². The molecule has 0 aliphatic heterocycles. The molecule has 0 fully saturated rings. The maximum atomic E-state index is 11.2. The molecular weight excluding hydrogens is 240 g/mol. The van der Waals surface area contributed by atoms with Gasteiger partial charge in [-0.1, -0.05) is 18.2 Å². The smallest absolute Gasteiger partial charge is 0.319 e. The number of hydrogen-bond donors (Lipinski definition) is 2. The summed E-state index contributed by atoms with van der Waals surface area (Å²) in [7, 11) is 0. The molecule has 1 aromatic carbocycles. The van der Waals surface area contributed by atoms with Crippen molar-refractivity contribution in [3.8, 4) is 0 Å². The fraction of sp³-hybridized carbons (Fsp3) is 0.273. The van der Waals surface area contributed by atoms with Crippen molar-refractivity contribution in [2.75, 3.05) is 0 Å². The Hall–Kier alpha value is -2.44. The number of nitrogens with zero attached hydrogens (tertiary/aromatic N) is 1. The number of rotatable bonds is 5. The molecule has 3 N–H and O–H groups in total. The summed E-state index contributed by atoms with van der Waals surface area (Å²) in [6.45, 7) is 1.15. The number of para-hydroxylation sites is 1. The highest BCUT2D eigenvalue weighted by atomic mass is 16.6. The number of carbonyl (C=O) groups excluding carboxylic acids is 1. The maximum absolute atomic E-state index is 11.2. The minimum Gasteiger partial charge on any atom is -0.480 e. The molecule has 0 saturated carbocycles. The van der Waals surface area contributed by atoms with Crippen LogP contribution in [0, 0.1) is 15.5 Å². The average molecular weight is 252 g/mol. The Balaban J connectivity index is 3.21. The van der Waals surface area contributed by atoms with E-state index in [1.807, 2.05) is 0 Å². The van der Waals surface area contributed by atoms with Gasteiger partial charge in [0, 0.05) is 18.1 Å². The largest absolute Gasteiger partial charge is 0.480 e. The third kappa shape index (κ3) is 2.45. The highest BCUT2D eigenvalue weighted by molar-refractivity contribution is 6.01. The average Bonchev–Trinajstić information content (AvgIpc) is 2.28. The van der Waals surface area contributed by atoms with E-state index in [4.69, 9.17) is 10.8 Å². The van der Waals surface area contributed by atoms with Gasteiger partial charge in [0.1, 0.15) is 5.41 Å². The van der Waals surface area contributed by atoms with E-state index >= 15 is 0 Å². The Morgan fingerprint density at radius 2 is 2.00 bits per heavy atom. The van der Waals surface area contributed by atoms with Crippen LogP contribution in [0.2, 0.25) is 0 Å². The first-order valence-corrected chi connectivity index (χ1v) is 5.04. The minimum absolute atomic E-state index is 0.159. The normalized spacial score (nSPS) is 13.6. The second-order valence-corrected chi connectivity index (χ2v) is 4.06. The summed E-state index contributed by atoms with van der Waals surface area (Å²) in [6, 6.07) is 5.65. The summed E-state index contributed by atoms with van der Waals surface area (Å²) in [5.74, 6) is -2.44. The Kier molecular flexibility index (Phi) is 3.65. The van der Waals surface area contributed by atoms with Crippen molar-refractivity contribution in [3.05, 3.63) is 39.9 Å². The van der Waals surface area contributed by atoms with Crippen molar-refractivity contribution in [3.63, 3.8) is 0 Å². The molecule has 1 rings (SSSR count). The summed E-state index contributed by atoms with van der Waals surface area (Å²) in [4.78, 5) is 32.5. The Morgan fingerprint density at radius 3 is 2.44 bits per heavy atom. The van der Waals surface area contributed by atoms with Gasteiger partial charge in [-0.3, -0.25) is 19.7 Å². The van der Waals surface area contributed by atoms with Crippen LogP contribution in [0.15, 0.2) is 24.3 Å². The number of amides is 1. The van der Waals surface area contributed by atoms with E-state index in [9.17, 15) is 19.7 Å². The van der Waals surface area contributed by atoms with Crippen molar-refractivity contribution < 1.29 is 19.6 Å². The molecule has 18 heavy (non-hydrogen) atoms. The molecule has 0 radical (unpaired) electrons. The number of carboxylic acids is 1. The van der Waals surface area contributed by atoms with Crippen LogP contribution in [-0.4, -0.2) is 21.9 Å². The van der Waals surface area contributed by atoms with Crippen LogP contribution in [0.3, 0.4) is 0 Å². The number of nitrogens with two attached hydrogens (primary N) is 1. The second-order valence-electron chi connectivity index (χ2n) is 4.06. The third-order valence-corrected chi connectivity index (χ3v) is 2.75. The quantitative estimate of drug-likeness (QED) is 0.453. The zero-order valence-corrected chi connectivity index (χ0v) is 9.62. The van der Waals surface area contributed by atoms with Crippen LogP contribution in [0.4, 0.5) is 5.69 Å². The first-order valence-electron chi connectivity index (χ1n) is 5.04. The lowest BCUT2D eigenvalue weighted by Crippen LogP contribution is -2.43. The number of benzene rings is 1. The summed E-state index contributed by atoms with van der Waals surface area (Å²) in [5.41, 5.74) is 3.12. The number of hydrogen-bond acceptors (Lipinski definition) is 4. The number of carbonyl (C=O) groups is 2. The van der Waals surface area contributed by atoms with E-state index in [0.29, 0.717) is 0 Å². The molecule has 1 atom stereocenters. The lowest BCUT2D eigenvalue weighted by atomic mass is 9.82. The van der Waals surface area contributed by atoms with Gasteiger partial charge in [-0.25, -0.2) is 0 Å². The van der Waals surface area contributed by atoms with Gasteiger partial charge in [0.05, 0.1) is 4.92 Å². The molecule has 1 aromatic rings. The van der Waals surface area contributed by atoms with Crippen molar-refractivity contribution in [2.24, 2.45) is 11.1 Å². The molecule has 0 bridgehead atoms. The van der Waals surface area contributed by atoms with Crippen molar-refractivity contribution in [2.45, 2.75) is 13.3 Å². The molecule has 0 spiro atoms. The molecule has 7 nitrogen and oxygen atoms in total. The van der Waals surface area contributed by atoms with E-state index in [0.717, 1.165) is 6.92 Å². The molecule has 0 heterocycles. The van der Waals surface area contributed by atoms with E-state index in [1.54, 1.807) is 0 Å². The van der Waals surface area contributed by atoms with E-state index in [-0.39, 0.29) is 17.7 Å². The van der Waals surface area contributed by atoms with Gasteiger partial charge < -0.3 is 10.8 Å². The summed E-state index contributed by atoms with van der Waals surface area (Å²) in [6.07, 6.45) is -0.325. The lowest BCUT2D eigenvalue weighted by Gasteiger charge is -2.20. The zero-order chi connectivity index (χ0) is 13.9. The Labute approximate surface area is 102 Å². The van der Waals surface area contributed by atoms with Crippen LogP contribution >= 0.6 is 0 Å².